The van der Waals surface area contributed by atoms with Crippen molar-refractivity contribution in [1.29, 1.82) is 0 Å². The number of fused-ring (bicyclic) bond motifs is 1. The van der Waals surface area contributed by atoms with E-state index in [1.807, 2.05) is 18.2 Å². The van der Waals surface area contributed by atoms with Crippen LogP contribution >= 0.6 is 0 Å². The smallest absolute Gasteiger partial charge is 0.137 e. The van der Waals surface area contributed by atoms with Crippen molar-refractivity contribution in [1.82, 2.24) is 0 Å². The van der Waals surface area contributed by atoms with Gasteiger partial charge in [0.2, 0.25) is 0 Å². The van der Waals surface area contributed by atoms with Crippen molar-refractivity contribution in [2.45, 2.75) is 33.6 Å². The molecule has 0 saturated carbocycles. The number of carbonyl (C=O) groups excluding carboxylic acids is 1. The lowest BCUT2D eigenvalue weighted by Crippen LogP contribution is -2.14. The molecule has 0 radical (unpaired) electrons. The van der Waals surface area contributed by atoms with Crippen LogP contribution in [0, 0.1) is 5.41 Å². The Bertz CT molecular complexity index is 556. The van der Waals surface area contributed by atoms with Crippen molar-refractivity contribution in [2.24, 2.45) is 5.41 Å². The van der Waals surface area contributed by atoms with Crippen LogP contribution in [0.5, 0.6) is 0 Å². The molecule has 0 aliphatic carbocycles. The van der Waals surface area contributed by atoms with Gasteiger partial charge >= 0.3 is 0 Å². The lowest BCUT2D eigenvalue weighted by atomic mass is 9.87. The van der Waals surface area contributed by atoms with Crippen LogP contribution in [0.2, 0.25) is 0 Å². The molecular formula is C17H20O. The molecule has 0 saturated heterocycles. The van der Waals surface area contributed by atoms with E-state index >= 15 is 0 Å². The van der Waals surface area contributed by atoms with Gasteiger partial charge in [-0.05, 0) is 21.8 Å². The third kappa shape index (κ3) is 3.19. The van der Waals surface area contributed by atoms with Crippen molar-refractivity contribution in [3.8, 4) is 0 Å². The van der Waals surface area contributed by atoms with Crippen LogP contribution < -0.4 is 0 Å². The predicted molar refractivity (Wildman–Crippen MR) is 76.7 cm³/mol. The normalized spacial score (nSPS) is 11.7. The van der Waals surface area contributed by atoms with E-state index in [9.17, 15) is 4.79 Å². The van der Waals surface area contributed by atoms with E-state index in [1.54, 1.807) is 0 Å². The average molecular weight is 240 g/mol. The SMILES string of the molecule is CC(C)(C)CC(=O)Cc1cccc2ccccc12. The lowest BCUT2D eigenvalue weighted by Gasteiger charge is -2.17. The number of hydrogen-bond acceptors (Lipinski definition) is 1. The average Bonchev–Trinajstić information content (AvgIpc) is 2.27. The summed E-state index contributed by atoms with van der Waals surface area (Å²) in [7, 11) is 0. The number of benzene rings is 2. The van der Waals surface area contributed by atoms with Crippen LogP contribution in [-0.2, 0) is 11.2 Å². The van der Waals surface area contributed by atoms with Gasteiger partial charge in [0.15, 0.2) is 0 Å². The van der Waals surface area contributed by atoms with E-state index < -0.39 is 0 Å². The summed E-state index contributed by atoms with van der Waals surface area (Å²) >= 11 is 0. The molecule has 0 unspecified atom stereocenters. The van der Waals surface area contributed by atoms with E-state index in [2.05, 4.69) is 45.0 Å². The van der Waals surface area contributed by atoms with Crippen molar-refractivity contribution < 1.29 is 4.79 Å². The van der Waals surface area contributed by atoms with Crippen LogP contribution in [0.15, 0.2) is 42.5 Å². The van der Waals surface area contributed by atoms with E-state index in [0.717, 1.165) is 5.56 Å². The summed E-state index contributed by atoms with van der Waals surface area (Å²) in [5.41, 5.74) is 1.21. The van der Waals surface area contributed by atoms with Gasteiger partial charge in [-0.25, -0.2) is 0 Å². The van der Waals surface area contributed by atoms with E-state index in [-0.39, 0.29) is 5.41 Å². The topological polar surface area (TPSA) is 17.1 Å². The molecule has 0 N–H and O–H groups in total. The molecule has 1 heteroatoms. The molecule has 0 aliphatic rings. The van der Waals surface area contributed by atoms with Crippen LogP contribution in [0.3, 0.4) is 0 Å². The molecule has 0 heterocycles. The molecule has 0 spiro atoms. The molecule has 0 fully saturated rings. The highest BCUT2D eigenvalue weighted by Gasteiger charge is 2.16. The zero-order valence-corrected chi connectivity index (χ0v) is 11.4. The summed E-state index contributed by atoms with van der Waals surface area (Å²) in [6.45, 7) is 6.32. The number of Topliss-reactive ketones (excluding diaryl/α,β-unsaturated/α-hetero) is 1. The Balaban J connectivity index is 2.24. The minimum absolute atomic E-state index is 0.0711. The Morgan fingerprint density at radius 1 is 1.00 bits per heavy atom. The first kappa shape index (κ1) is 12.8. The van der Waals surface area contributed by atoms with Crippen LogP contribution in [0.1, 0.15) is 32.8 Å². The molecule has 1 nitrogen and oxygen atoms in total. The first-order valence-corrected chi connectivity index (χ1v) is 6.44. The summed E-state index contributed by atoms with van der Waals surface area (Å²) in [6.07, 6.45) is 1.18. The van der Waals surface area contributed by atoms with Crippen molar-refractivity contribution in [3.63, 3.8) is 0 Å². The summed E-state index contributed by atoms with van der Waals surface area (Å²) in [6, 6.07) is 14.4. The quantitative estimate of drug-likeness (QED) is 0.777. The van der Waals surface area contributed by atoms with E-state index in [4.69, 9.17) is 0 Å². The van der Waals surface area contributed by atoms with E-state index in [0.29, 0.717) is 18.6 Å². The van der Waals surface area contributed by atoms with Crippen molar-refractivity contribution in [3.05, 3.63) is 48.0 Å². The molecule has 0 aromatic heterocycles. The number of ketones is 1. The Morgan fingerprint density at radius 2 is 1.67 bits per heavy atom. The zero-order chi connectivity index (χ0) is 13.2. The molecule has 0 bridgehead atoms. The largest absolute Gasteiger partial charge is 0.299 e. The van der Waals surface area contributed by atoms with Crippen molar-refractivity contribution in [2.75, 3.05) is 0 Å². The zero-order valence-electron chi connectivity index (χ0n) is 11.4. The highest BCUT2D eigenvalue weighted by molar-refractivity contribution is 5.91. The van der Waals surface area contributed by atoms with Gasteiger partial charge in [-0.2, -0.15) is 0 Å². The van der Waals surface area contributed by atoms with Gasteiger partial charge in [-0.15, -0.1) is 0 Å². The summed E-state index contributed by atoms with van der Waals surface area (Å²) < 4.78 is 0. The third-order valence-electron chi connectivity index (χ3n) is 3.00. The Morgan fingerprint density at radius 3 is 2.39 bits per heavy atom. The first-order valence-electron chi connectivity index (χ1n) is 6.44. The van der Waals surface area contributed by atoms with Gasteiger partial charge < -0.3 is 0 Å². The van der Waals surface area contributed by atoms with Gasteiger partial charge in [-0.3, -0.25) is 4.79 Å². The van der Waals surface area contributed by atoms with Crippen molar-refractivity contribution >= 4 is 16.6 Å². The highest BCUT2D eigenvalue weighted by atomic mass is 16.1. The maximum absolute atomic E-state index is 12.1. The number of rotatable bonds is 3. The number of hydrogen-bond donors (Lipinski definition) is 0. The van der Waals surface area contributed by atoms with E-state index in [1.165, 1.54) is 10.8 Å². The molecule has 2 aromatic carbocycles. The Kier molecular flexibility index (Phi) is 3.51. The fourth-order valence-electron chi connectivity index (χ4n) is 2.31. The molecule has 0 amide bonds. The first-order chi connectivity index (χ1) is 8.46. The van der Waals surface area contributed by atoms with Gasteiger partial charge in [-0.1, -0.05) is 63.2 Å². The van der Waals surface area contributed by atoms with Crippen LogP contribution in [0.4, 0.5) is 0 Å². The molecule has 2 rings (SSSR count). The minimum atomic E-state index is 0.0711. The van der Waals surface area contributed by atoms with Crippen LogP contribution in [-0.4, -0.2) is 5.78 Å². The predicted octanol–water partition coefficient (Wildman–Crippen LogP) is 4.39. The molecule has 94 valence electrons. The fourth-order valence-corrected chi connectivity index (χ4v) is 2.31. The molecule has 2 aromatic rings. The number of carbonyl (C=O) groups is 1. The highest BCUT2D eigenvalue weighted by Crippen LogP contribution is 2.23. The van der Waals surface area contributed by atoms with Gasteiger partial charge in [0, 0.05) is 12.8 Å². The second-order valence-electron chi connectivity index (χ2n) is 6.09. The third-order valence-corrected chi connectivity index (χ3v) is 3.00. The van der Waals surface area contributed by atoms with Gasteiger partial charge in [0.05, 0.1) is 0 Å². The molecule has 0 aliphatic heterocycles. The summed E-state index contributed by atoms with van der Waals surface area (Å²) in [5, 5.41) is 2.40. The molecule has 18 heavy (non-hydrogen) atoms. The fraction of sp³-hybridized carbons (Fsp3) is 0.353. The summed E-state index contributed by atoms with van der Waals surface area (Å²) in [5.74, 6) is 0.318. The summed E-state index contributed by atoms with van der Waals surface area (Å²) in [4.78, 5) is 12.1. The Hall–Kier alpha value is -1.63. The standard InChI is InChI=1S/C17H20O/c1-17(2,3)12-15(18)11-14-9-6-8-13-7-4-5-10-16(13)14/h4-10H,11-12H2,1-3H3. The molecular weight excluding hydrogens is 220 g/mol. The van der Waals surface area contributed by atoms with Crippen LogP contribution in [0.25, 0.3) is 10.8 Å². The maximum Gasteiger partial charge on any atom is 0.137 e. The van der Waals surface area contributed by atoms with Gasteiger partial charge in [0.25, 0.3) is 0 Å². The Labute approximate surface area is 109 Å². The lowest BCUT2D eigenvalue weighted by molar-refractivity contribution is -0.120. The minimum Gasteiger partial charge on any atom is -0.299 e. The van der Waals surface area contributed by atoms with Gasteiger partial charge in [0.1, 0.15) is 5.78 Å². The molecule has 0 atom stereocenters. The second kappa shape index (κ2) is 4.93. The maximum atomic E-state index is 12.1. The second-order valence-corrected chi connectivity index (χ2v) is 6.09. The monoisotopic (exact) mass is 240 g/mol.